The second-order valence-electron chi connectivity index (χ2n) is 2.38. The highest BCUT2D eigenvalue weighted by Crippen LogP contribution is 2.21. The summed E-state index contributed by atoms with van der Waals surface area (Å²) in [5, 5.41) is 8.43. The molecule has 4 heteroatoms. The second kappa shape index (κ2) is 2.98. The van der Waals surface area contributed by atoms with Crippen LogP contribution in [0, 0.1) is 0 Å². The summed E-state index contributed by atoms with van der Waals surface area (Å²) in [6, 6.07) is 1.84. The number of hydrogen-bond acceptors (Lipinski definition) is 4. The zero-order chi connectivity index (χ0) is 7.56. The summed E-state index contributed by atoms with van der Waals surface area (Å²) >= 11 is 1.41. The molecule has 0 saturated heterocycles. The van der Waals surface area contributed by atoms with E-state index in [1.807, 2.05) is 11.5 Å². The Kier molecular flexibility index (Phi) is 2.24. The maximum absolute atomic E-state index is 8.43. The van der Waals surface area contributed by atoms with Gasteiger partial charge in [-0.25, -0.2) is 0 Å². The van der Waals surface area contributed by atoms with E-state index in [4.69, 9.17) is 5.21 Å². The van der Waals surface area contributed by atoms with Crippen LogP contribution < -0.4 is 5.48 Å². The van der Waals surface area contributed by atoms with Crippen molar-refractivity contribution >= 4 is 17.4 Å². The van der Waals surface area contributed by atoms with E-state index in [1.165, 1.54) is 16.4 Å². The molecule has 0 fully saturated rings. The fraction of sp³-hybridized carbons (Fsp3) is 0.500. The van der Waals surface area contributed by atoms with Crippen molar-refractivity contribution in [1.82, 2.24) is 4.37 Å². The summed E-state index contributed by atoms with van der Waals surface area (Å²) in [6.07, 6.45) is 0. The van der Waals surface area contributed by atoms with Crippen LogP contribution in [0.2, 0.25) is 0 Å². The van der Waals surface area contributed by atoms with Gasteiger partial charge in [-0.15, -0.1) is 0 Å². The molecule has 0 aliphatic carbocycles. The van der Waals surface area contributed by atoms with E-state index in [1.54, 1.807) is 0 Å². The summed E-state index contributed by atoms with van der Waals surface area (Å²) in [5.41, 5.74) is 2.00. The van der Waals surface area contributed by atoms with Crippen LogP contribution in [0.4, 0.5) is 5.82 Å². The van der Waals surface area contributed by atoms with Crippen molar-refractivity contribution in [2.45, 2.75) is 19.8 Å². The van der Waals surface area contributed by atoms with Crippen LogP contribution in [-0.2, 0) is 0 Å². The topological polar surface area (TPSA) is 45.1 Å². The molecule has 0 spiro atoms. The zero-order valence-electron chi connectivity index (χ0n) is 5.96. The summed E-state index contributed by atoms with van der Waals surface area (Å²) in [5.74, 6) is 1.02. The van der Waals surface area contributed by atoms with Crippen LogP contribution in [0.15, 0.2) is 6.07 Å². The minimum Gasteiger partial charge on any atom is -0.290 e. The lowest BCUT2D eigenvalue weighted by molar-refractivity contribution is 0.386. The smallest absolute Gasteiger partial charge is 0.163 e. The fourth-order valence-corrected chi connectivity index (χ4v) is 1.29. The molecule has 3 nitrogen and oxygen atoms in total. The fourth-order valence-electron chi connectivity index (χ4n) is 0.614. The van der Waals surface area contributed by atoms with Gasteiger partial charge in [0.1, 0.15) is 0 Å². The summed E-state index contributed by atoms with van der Waals surface area (Å²) < 4.78 is 3.94. The third-order valence-corrected chi connectivity index (χ3v) is 2.30. The molecule has 2 N–H and O–H groups in total. The second-order valence-corrected chi connectivity index (χ2v) is 3.22. The van der Waals surface area contributed by atoms with E-state index in [0.717, 1.165) is 0 Å². The summed E-state index contributed by atoms with van der Waals surface area (Å²) in [6.45, 7) is 4.18. The van der Waals surface area contributed by atoms with Gasteiger partial charge >= 0.3 is 0 Å². The van der Waals surface area contributed by atoms with Gasteiger partial charge in [0.2, 0.25) is 0 Å². The first-order chi connectivity index (χ1) is 4.74. The average molecular weight is 158 g/mol. The highest BCUT2D eigenvalue weighted by Gasteiger charge is 2.03. The Morgan fingerprint density at radius 1 is 1.70 bits per heavy atom. The van der Waals surface area contributed by atoms with Crippen LogP contribution >= 0.6 is 11.5 Å². The molecule has 10 heavy (non-hydrogen) atoms. The Bertz CT molecular complexity index is 209. The lowest BCUT2D eigenvalue weighted by Crippen LogP contribution is -1.87. The third kappa shape index (κ3) is 1.46. The molecule has 0 aromatic carbocycles. The molecule has 1 aromatic rings. The Hall–Kier alpha value is -0.610. The molecule has 1 aromatic heterocycles. The van der Waals surface area contributed by atoms with Crippen molar-refractivity contribution in [1.29, 1.82) is 0 Å². The molecule has 1 heterocycles. The Morgan fingerprint density at radius 3 is 2.70 bits per heavy atom. The van der Waals surface area contributed by atoms with Gasteiger partial charge in [0, 0.05) is 4.88 Å². The van der Waals surface area contributed by atoms with Gasteiger partial charge in [0.25, 0.3) is 0 Å². The maximum Gasteiger partial charge on any atom is 0.163 e. The van der Waals surface area contributed by atoms with E-state index < -0.39 is 0 Å². The first-order valence-corrected chi connectivity index (χ1v) is 3.88. The number of anilines is 1. The Balaban J connectivity index is 2.78. The van der Waals surface area contributed by atoms with Crippen molar-refractivity contribution in [3.05, 3.63) is 10.9 Å². The lowest BCUT2D eigenvalue weighted by atomic mass is 10.2. The first-order valence-electron chi connectivity index (χ1n) is 3.10. The molecule has 56 valence electrons. The van der Waals surface area contributed by atoms with Crippen molar-refractivity contribution in [3.63, 3.8) is 0 Å². The van der Waals surface area contributed by atoms with E-state index in [2.05, 4.69) is 18.2 Å². The standard InChI is InChI=1S/C6H10N2OS/c1-4(2)5-3-6(7-9)8-10-5/h3-4,9H,1-2H3,(H,7,8). The molecule has 0 aliphatic heterocycles. The van der Waals surface area contributed by atoms with Crippen molar-refractivity contribution in [3.8, 4) is 0 Å². The van der Waals surface area contributed by atoms with Crippen LogP contribution in [0.1, 0.15) is 24.6 Å². The van der Waals surface area contributed by atoms with E-state index in [-0.39, 0.29) is 0 Å². The number of nitrogens with one attached hydrogen (secondary N) is 1. The molecule has 0 amide bonds. The van der Waals surface area contributed by atoms with Gasteiger partial charge in [0.15, 0.2) is 5.82 Å². The predicted molar refractivity (Wildman–Crippen MR) is 41.6 cm³/mol. The normalized spacial score (nSPS) is 10.4. The number of aromatic nitrogens is 1. The summed E-state index contributed by atoms with van der Waals surface area (Å²) in [7, 11) is 0. The molecule has 1 rings (SSSR count). The lowest BCUT2D eigenvalue weighted by Gasteiger charge is -1.94. The maximum atomic E-state index is 8.43. The minimum atomic E-state index is 0.486. The third-order valence-electron chi connectivity index (χ3n) is 1.21. The predicted octanol–water partition coefficient (Wildman–Crippen LogP) is 2.07. The number of hydrogen-bond donors (Lipinski definition) is 2. The van der Waals surface area contributed by atoms with Gasteiger partial charge < -0.3 is 0 Å². The molecule has 0 unspecified atom stereocenters. The first kappa shape index (κ1) is 7.50. The highest BCUT2D eigenvalue weighted by atomic mass is 32.1. The largest absolute Gasteiger partial charge is 0.290 e. The van der Waals surface area contributed by atoms with Crippen molar-refractivity contribution in [2.75, 3.05) is 5.48 Å². The van der Waals surface area contributed by atoms with Gasteiger partial charge in [-0.3, -0.25) is 10.7 Å². The zero-order valence-corrected chi connectivity index (χ0v) is 6.77. The van der Waals surface area contributed by atoms with Crippen molar-refractivity contribution in [2.24, 2.45) is 0 Å². The van der Waals surface area contributed by atoms with E-state index in [9.17, 15) is 0 Å². The SMILES string of the molecule is CC(C)c1cc(NO)ns1. The van der Waals surface area contributed by atoms with Crippen LogP contribution in [0.3, 0.4) is 0 Å². The van der Waals surface area contributed by atoms with Gasteiger partial charge in [-0.2, -0.15) is 4.37 Å². The Labute approximate surface area is 63.8 Å². The molecular weight excluding hydrogens is 148 g/mol. The quantitative estimate of drug-likeness (QED) is 0.647. The Morgan fingerprint density at radius 2 is 2.40 bits per heavy atom. The van der Waals surface area contributed by atoms with Crippen LogP contribution in [0.5, 0.6) is 0 Å². The number of nitrogens with zero attached hydrogens (tertiary/aromatic N) is 1. The highest BCUT2D eigenvalue weighted by molar-refractivity contribution is 7.06. The molecule has 0 bridgehead atoms. The molecule has 0 saturated carbocycles. The average Bonchev–Trinajstić information content (AvgIpc) is 2.34. The van der Waals surface area contributed by atoms with Crippen molar-refractivity contribution < 1.29 is 5.21 Å². The minimum absolute atomic E-state index is 0.486. The summed E-state index contributed by atoms with van der Waals surface area (Å²) in [4.78, 5) is 1.18. The number of rotatable bonds is 2. The molecule has 0 aliphatic rings. The van der Waals surface area contributed by atoms with Gasteiger partial charge in [-0.1, -0.05) is 13.8 Å². The molecular formula is C6H10N2OS. The van der Waals surface area contributed by atoms with Gasteiger partial charge in [-0.05, 0) is 23.5 Å². The molecule has 0 atom stereocenters. The van der Waals surface area contributed by atoms with E-state index in [0.29, 0.717) is 11.7 Å². The van der Waals surface area contributed by atoms with Gasteiger partial charge in [0.05, 0.1) is 0 Å². The molecule has 0 radical (unpaired) electrons. The monoisotopic (exact) mass is 158 g/mol. The van der Waals surface area contributed by atoms with Crippen LogP contribution in [0.25, 0.3) is 0 Å². The van der Waals surface area contributed by atoms with Crippen LogP contribution in [-0.4, -0.2) is 9.58 Å². The van der Waals surface area contributed by atoms with E-state index >= 15 is 0 Å².